The van der Waals surface area contributed by atoms with Crippen molar-refractivity contribution in [2.24, 2.45) is 5.92 Å². The van der Waals surface area contributed by atoms with Gasteiger partial charge in [-0.25, -0.2) is 0 Å². The third-order valence-electron chi connectivity index (χ3n) is 2.89. The number of aromatic nitrogens is 1. The molecule has 1 unspecified atom stereocenters. The Bertz CT molecular complexity index is 393. The highest BCUT2D eigenvalue weighted by molar-refractivity contribution is 6.30. The van der Waals surface area contributed by atoms with Crippen LogP contribution in [0.4, 0.5) is 13.2 Å². The third-order valence-corrected chi connectivity index (χ3v) is 3.10. The van der Waals surface area contributed by atoms with Crippen LogP contribution >= 0.6 is 11.6 Å². The molecule has 0 N–H and O–H groups in total. The molecule has 1 aromatic heterocycles. The Kier molecular flexibility index (Phi) is 3.58. The number of pyridine rings is 1. The molecule has 0 aliphatic heterocycles. The Labute approximate surface area is 102 Å². The van der Waals surface area contributed by atoms with Gasteiger partial charge in [-0.05, 0) is 24.8 Å². The van der Waals surface area contributed by atoms with Crippen LogP contribution in [0.25, 0.3) is 0 Å². The predicted molar refractivity (Wildman–Crippen MR) is 56.5 cm³/mol. The average molecular weight is 266 g/mol. The van der Waals surface area contributed by atoms with Crippen molar-refractivity contribution in [1.82, 2.24) is 4.98 Å². The molecule has 1 aliphatic carbocycles. The predicted octanol–water partition coefficient (Wildman–Crippen LogP) is 4.11. The molecule has 1 aromatic rings. The minimum Gasteiger partial charge on any atom is -0.283 e. The Hall–Kier alpha value is -0.810. The van der Waals surface area contributed by atoms with Gasteiger partial charge in [0.15, 0.2) is 0 Å². The summed E-state index contributed by atoms with van der Waals surface area (Å²) in [6, 6.07) is 1.48. The second kappa shape index (κ2) is 4.82. The number of hydrogen-bond acceptors (Lipinski definition) is 2. The van der Waals surface area contributed by atoms with Gasteiger partial charge in [-0.2, -0.15) is 0 Å². The molecule has 0 amide bonds. The molecule has 1 saturated carbocycles. The average Bonchev–Trinajstić information content (AvgIpc) is 2.11. The lowest BCUT2D eigenvalue weighted by Gasteiger charge is -2.34. The molecular formula is C11H11ClF3NO. The largest absolute Gasteiger partial charge is 0.523 e. The lowest BCUT2D eigenvalue weighted by Crippen LogP contribution is -2.28. The molecule has 2 rings (SSSR count). The van der Waals surface area contributed by atoms with E-state index < -0.39 is 12.5 Å². The van der Waals surface area contributed by atoms with Crippen molar-refractivity contribution in [3.05, 3.63) is 29.0 Å². The minimum atomic E-state index is -4.64. The monoisotopic (exact) mass is 265 g/mol. The van der Waals surface area contributed by atoms with E-state index in [1.165, 1.54) is 18.5 Å². The van der Waals surface area contributed by atoms with Gasteiger partial charge >= 0.3 is 6.36 Å². The maximum Gasteiger partial charge on any atom is 0.523 e. The summed E-state index contributed by atoms with van der Waals surface area (Å²) in [5, 5.41) is 0.317. The first kappa shape index (κ1) is 12.6. The van der Waals surface area contributed by atoms with Crippen LogP contribution in [0.5, 0.6) is 0 Å². The zero-order valence-electron chi connectivity index (χ0n) is 8.88. The smallest absolute Gasteiger partial charge is 0.283 e. The summed E-state index contributed by atoms with van der Waals surface area (Å²) in [6.45, 7) is 0. The van der Waals surface area contributed by atoms with E-state index in [2.05, 4.69) is 9.72 Å². The van der Waals surface area contributed by atoms with Gasteiger partial charge in [0.25, 0.3) is 0 Å². The molecule has 1 heterocycles. The highest BCUT2D eigenvalue weighted by Gasteiger charge is 2.39. The number of ether oxygens (including phenoxy) is 1. The molecule has 0 spiro atoms. The van der Waals surface area contributed by atoms with Crippen LogP contribution in [-0.2, 0) is 4.74 Å². The van der Waals surface area contributed by atoms with Gasteiger partial charge in [0.2, 0.25) is 0 Å². The molecule has 0 saturated heterocycles. The Balaban J connectivity index is 2.20. The highest BCUT2D eigenvalue weighted by atomic mass is 35.5. The number of nitrogens with zero attached hydrogens (tertiary/aromatic N) is 1. The molecule has 1 aliphatic rings. The normalized spacial score (nSPS) is 18.8. The topological polar surface area (TPSA) is 22.1 Å². The summed E-state index contributed by atoms with van der Waals surface area (Å²) in [5.74, 6) is -0.100. The van der Waals surface area contributed by atoms with E-state index in [4.69, 9.17) is 11.6 Å². The van der Waals surface area contributed by atoms with Gasteiger partial charge in [0, 0.05) is 18.0 Å². The fourth-order valence-corrected chi connectivity index (χ4v) is 2.09. The van der Waals surface area contributed by atoms with Crippen LogP contribution in [0, 0.1) is 5.92 Å². The van der Waals surface area contributed by atoms with Crippen LogP contribution in [0.3, 0.4) is 0 Å². The van der Waals surface area contributed by atoms with Gasteiger partial charge in [-0.15, -0.1) is 13.2 Å². The summed E-state index contributed by atoms with van der Waals surface area (Å²) in [4.78, 5) is 3.80. The van der Waals surface area contributed by atoms with Gasteiger partial charge in [0.05, 0.1) is 11.1 Å². The van der Waals surface area contributed by atoms with Crippen LogP contribution in [0.2, 0.25) is 5.02 Å². The zero-order chi connectivity index (χ0) is 12.5. The van der Waals surface area contributed by atoms with Gasteiger partial charge in [-0.1, -0.05) is 18.0 Å². The quantitative estimate of drug-likeness (QED) is 0.820. The molecule has 94 valence electrons. The van der Waals surface area contributed by atoms with Crippen LogP contribution < -0.4 is 0 Å². The van der Waals surface area contributed by atoms with E-state index >= 15 is 0 Å². The molecule has 0 bridgehead atoms. The van der Waals surface area contributed by atoms with Crippen molar-refractivity contribution in [3.63, 3.8) is 0 Å². The van der Waals surface area contributed by atoms with Crippen molar-refractivity contribution in [2.45, 2.75) is 31.7 Å². The van der Waals surface area contributed by atoms with Crippen molar-refractivity contribution >= 4 is 11.6 Å². The van der Waals surface area contributed by atoms with Crippen LogP contribution in [0.15, 0.2) is 18.5 Å². The van der Waals surface area contributed by atoms with E-state index in [1.807, 2.05) is 0 Å². The first-order valence-electron chi connectivity index (χ1n) is 5.31. The van der Waals surface area contributed by atoms with Crippen LogP contribution in [-0.4, -0.2) is 11.3 Å². The molecule has 1 fully saturated rings. The third kappa shape index (κ3) is 3.33. The molecule has 17 heavy (non-hydrogen) atoms. The van der Waals surface area contributed by atoms with Crippen molar-refractivity contribution < 1.29 is 17.9 Å². The summed E-state index contributed by atoms with van der Waals surface area (Å²) >= 11 is 5.73. The number of alkyl halides is 3. The maximum absolute atomic E-state index is 12.3. The second-order valence-corrected chi connectivity index (χ2v) is 4.55. The lowest BCUT2D eigenvalue weighted by atomic mass is 9.79. The Morgan fingerprint density at radius 3 is 2.53 bits per heavy atom. The van der Waals surface area contributed by atoms with E-state index in [9.17, 15) is 13.2 Å². The fourth-order valence-electron chi connectivity index (χ4n) is 1.91. The lowest BCUT2D eigenvalue weighted by molar-refractivity contribution is -0.353. The summed E-state index contributed by atoms with van der Waals surface area (Å²) in [6.07, 6.45) is -0.439. The molecule has 6 heteroatoms. The highest BCUT2D eigenvalue weighted by Crippen LogP contribution is 2.43. The first-order valence-corrected chi connectivity index (χ1v) is 5.68. The summed E-state index contributed by atoms with van der Waals surface area (Å²) < 4.78 is 41.2. The maximum atomic E-state index is 12.3. The summed E-state index contributed by atoms with van der Waals surface area (Å²) in [7, 11) is 0. The van der Waals surface area contributed by atoms with Crippen LogP contribution in [0.1, 0.15) is 30.9 Å². The van der Waals surface area contributed by atoms with E-state index in [0.29, 0.717) is 10.6 Å². The van der Waals surface area contributed by atoms with E-state index in [0.717, 1.165) is 19.3 Å². The minimum absolute atomic E-state index is 0.100. The molecule has 0 radical (unpaired) electrons. The van der Waals surface area contributed by atoms with Crippen molar-refractivity contribution in [1.29, 1.82) is 0 Å². The van der Waals surface area contributed by atoms with Gasteiger partial charge in [-0.3, -0.25) is 9.72 Å². The van der Waals surface area contributed by atoms with Crippen molar-refractivity contribution in [3.8, 4) is 0 Å². The van der Waals surface area contributed by atoms with Gasteiger partial charge < -0.3 is 0 Å². The van der Waals surface area contributed by atoms with E-state index in [-0.39, 0.29) is 5.92 Å². The summed E-state index contributed by atoms with van der Waals surface area (Å²) in [5.41, 5.74) is 0.388. The van der Waals surface area contributed by atoms with Gasteiger partial charge in [0.1, 0.15) is 0 Å². The first-order chi connectivity index (χ1) is 7.96. The molecule has 2 nitrogen and oxygen atoms in total. The van der Waals surface area contributed by atoms with E-state index in [1.54, 1.807) is 0 Å². The Morgan fingerprint density at radius 1 is 1.35 bits per heavy atom. The fraction of sp³-hybridized carbons (Fsp3) is 0.545. The Morgan fingerprint density at radius 2 is 2.06 bits per heavy atom. The molecule has 0 aromatic carbocycles. The number of hydrogen-bond donors (Lipinski definition) is 0. The second-order valence-electron chi connectivity index (χ2n) is 4.11. The number of halogens is 4. The van der Waals surface area contributed by atoms with Crippen molar-refractivity contribution in [2.75, 3.05) is 0 Å². The molecular weight excluding hydrogens is 255 g/mol. The number of rotatable bonds is 3. The molecule has 1 atom stereocenters. The standard InChI is InChI=1S/C11H11ClF3NO/c12-9-4-8(5-16-6-9)10(7-2-1-3-7)17-11(13,14)15/h4-7,10H,1-3H2. The SMILES string of the molecule is FC(F)(F)OC(c1cncc(Cl)c1)C1CCC1. The zero-order valence-corrected chi connectivity index (χ0v) is 9.63.